The number of anilines is 1. The van der Waals surface area contributed by atoms with E-state index in [0.717, 1.165) is 4.90 Å². The van der Waals surface area contributed by atoms with Crippen LogP contribution in [0.15, 0.2) is 18.1 Å². The molecule has 0 unspecified atom stereocenters. The first-order chi connectivity index (χ1) is 17.8. The molecule has 0 amide bonds. The van der Waals surface area contributed by atoms with Crippen molar-refractivity contribution in [3.63, 3.8) is 0 Å². The van der Waals surface area contributed by atoms with E-state index in [1.807, 2.05) is 4.90 Å². The van der Waals surface area contributed by atoms with Gasteiger partial charge in [0.1, 0.15) is 17.9 Å². The van der Waals surface area contributed by atoms with Crippen molar-refractivity contribution in [1.82, 2.24) is 19.9 Å². The molecule has 7 nitrogen and oxygen atoms in total. The van der Waals surface area contributed by atoms with Gasteiger partial charge in [-0.1, -0.05) is 18.5 Å². The molecular formula is C22H25Cl2F2N5O2. The Morgan fingerprint density at radius 1 is 1.45 bits per heavy atom. The number of rotatable bonds is 4. The van der Waals surface area contributed by atoms with E-state index in [1.54, 1.807) is 0 Å². The van der Waals surface area contributed by atoms with E-state index in [9.17, 15) is 4.39 Å². The van der Waals surface area contributed by atoms with E-state index in [4.69, 9.17) is 39.5 Å². The number of ether oxygens (including phenoxy) is 2. The van der Waals surface area contributed by atoms with Gasteiger partial charge < -0.3 is 19.3 Å². The monoisotopic (exact) mass is 504 g/mol. The van der Waals surface area contributed by atoms with Crippen LogP contribution in [0.4, 0.5) is 14.6 Å². The van der Waals surface area contributed by atoms with Crippen LogP contribution < -0.4 is 9.64 Å². The molecule has 3 aliphatic rings. The Balaban J connectivity index is 1.58. The SMILES string of the molecule is [2H]C([2H])([2H])N1CC/C(=C\F)[C@](C)(C([2H])([2H])Oc2nc(N3CCOC[C@H]4[C@H](Cl)[C@H]43)c3cnc(Cl)c(F)c3n2)C1. The maximum atomic E-state index is 15.1. The van der Waals surface area contributed by atoms with Crippen molar-refractivity contribution < 1.29 is 25.1 Å². The molecule has 33 heavy (non-hydrogen) atoms. The molecule has 2 aromatic heterocycles. The lowest BCUT2D eigenvalue weighted by atomic mass is 9.78. The van der Waals surface area contributed by atoms with Crippen LogP contribution in [-0.4, -0.2) is 77.7 Å². The van der Waals surface area contributed by atoms with Gasteiger partial charge in [-0.2, -0.15) is 9.97 Å². The zero-order chi connectivity index (χ0) is 27.6. The summed E-state index contributed by atoms with van der Waals surface area (Å²) in [5.41, 5.74) is -1.94. The average Bonchev–Trinajstić information content (AvgIpc) is 3.54. The summed E-state index contributed by atoms with van der Waals surface area (Å²) in [6, 6.07) is -0.692. The molecule has 178 valence electrons. The van der Waals surface area contributed by atoms with E-state index in [0.29, 0.717) is 19.8 Å². The van der Waals surface area contributed by atoms with Gasteiger partial charge in [0.25, 0.3) is 0 Å². The molecule has 2 aliphatic heterocycles. The number of hydrogen-bond donors (Lipinski definition) is 0. The van der Waals surface area contributed by atoms with Gasteiger partial charge in [0.2, 0.25) is 0 Å². The molecular weight excluding hydrogens is 475 g/mol. The minimum atomic E-state index is -2.70. The van der Waals surface area contributed by atoms with Crippen LogP contribution in [0.2, 0.25) is 5.15 Å². The second kappa shape index (κ2) is 8.76. The molecule has 0 bridgehead atoms. The van der Waals surface area contributed by atoms with Crippen molar-refractivity contribution in [1.29, 1.82) is 0 Å². The maximum Gasteiger partial charge on any atom is 0.319 e. The highest BCUT2D eigenvalue weighted by Crippen LogP contribution is 2.46. The first-order valence-corrected chi connectivity index (χ1v) is 11.3. The van der Waals surface area contributed by atoms with Gasteiger partial charge in [0, 0.05) is 41.3 Å². The Labute approximate surface area is 207 Å². The van der Waals surface area contributed by atoms with Crippen LogP contribution in [0.1, 0.15) is 20.2 Å². The Bertz CT molecular complexity index is 1290. The highest BCUT2D eigenvalue weighted by molar-refractivity contribution is 6.30. The van der Waals surface area contributed by atoms with Crippen LogP contribution >= 0.6 is 23.2 Å². The molecule has 5 rings (SSSR count). The van der Waals surface area contributed by atoms with Crippen LogP contribution in [0, 0.1) is 17.2 Å². The topological polar surface area (TPSA) is 63.6 Å². The molecule has 0 radical (unpaired) electrons. The lowest BCUT2D eigenvalue weighted by molar-refractivity contribution is 0.109. The van der Waals surface area contributed by atoms with Crippen molar-refractivity contribution in [2.75, 3.05) is 51.3 Å². The minimum absolute atomic E-state index is 0.0183. The largest absolute Gasteiger partial charge is 0.462 e. The van der Waals surface area contributed by atoms with Gasteiger partial charge in [-0.25, -0.2) is 13.8 Å². The van der Waals surface area contributed by atoms with Gasteiger partial charge >= 0.3 is 6.01 Å². The second-order valence-corrected chi connectivity index (χ2v) is 9.53. The Morgan fingerprint density at radius 2 is 2.30 bits per heavy atom. The summed E-state index contributed by atoms with van der Waals surface area (Å²) in [5.74, 6) is -0.707. The predicted octanol–water partition coefficient (Wildman–Crippen LogP) is 3.83. The number of likely N-dealkylation sites (tertiary alicyclic amines) is 1. The first-order valence-electron chi connectivity index (χ1n) is 13.0. The Morgan fingerprint density at radius 3 is 3.09 bits per heavy atom. The third kappa shape index (κ3) is 4.13. The molecule has 2 aromatic rings. The van der Waals surface area contributed by atoms with Gasteiger partial charge in [0.05, 0.1) is 39.1 Å². The van der Waals surface area contributed by atoms with E-state index in [2.05, 4.69) is 15.0 Å². The molecule has 4 atom stereocenters. The summed E-state index contributed by atoms with van der Waals surface area (Å²) in [6.45, 7) is -3.01. The maximum absolute atomic E-state index is 15.1. The van der Waals surface area contributed by atoms with E-state index in [-0.39, 0.29) is 65.5 Å². The molecule has 4 heterocycles. The zero-order valence-electron chi connectivity index (χ0n) is 22.7. The fraction of sp³-hybridized carbons (Fsp3) is 0.591. The predicted molar refractivity (Wildman–Crippen MR) is 122 cm³/mol. The number of hydrogen-bond acceptors (Lipinski definition) is 7. The summed E-state index contributed by atoms with van der Waals surface area (Å²) >= 11 is 12.4. The van der Waals surface area contributed by atoms with Crippen LogP contribution in [0.25, 0.3) is 10.9 Å². The lowest BCUT2D eigenvalue weighted by Gasteiger charge is -2.40. The highest BCUT2D eigenvalue weighted by atomic mass is 35.5. The first kappa shape index (κ1) is 17.6. The second-order valence-electron chi connectivity index (χ2n) is 8.66. The van der Waals surface area contributed by atoms with E-state index >= 15 is 4.39 Å². The highest BCUT2D eigenvalue weighted by Gasteiger charge is 2.54. The number of nitrogens with zero attached hydrogens (tertiary/aromatic N) is 5. The summed E-state index contributed by atoms with van der Waals surface area (Å²) in [5, 5.41) is -0.450. The molecule has 3 fully saturated rings. The number of pyridine rings is 1. The van der Waals surface area contributed by atoms with Gasteiger partial charge in [-0.05, 0) is 19.0 Å². The molecule has 0 N–H and O–H groups in total. The zero-order valence-corrected chi connectivity index (χ0v) is 19.2. The molecule has 0 spiro atoms. The fourth-order valence-corrected chi connectivity index (χ4v) is 5.07. The number of aromatic nitrogens is 3. The van der Waals surface area contributed by atoms with E-state index in [1.165, 1.54) is 13.1 Å². The molecule has 0 aromatic carbocycles. The van der Waals surface area contributed by atoms with Gasteiger partial charge in [0.15, 0.2) is 11.0 Å². The molecule has 2 saturated heterocycles. The van der Waals surface area contributed by atoms with Crippen molar-refractivity contribution in [3.8, 4) is 6.01 Å². The summed E-state index contributed by atoms with van der Waals surface area (Å²) in [6.07, 6.45) is 1.57. The van der Waals surface area contributed by atoms with Crippen molar-refractivity contribution in [3.05, 3.63) is 29.1 Å². The molecule has 11 heteroatoms. The number of piperidine rings is 1. The van der Waals surface area contributed by atoms with Crippen LogP contribution in [0.3, 0.4) is 0 Å². The third-order valence-corrected chi connectivity index (χ3v) is 7.26. The number of fused-ring (bicyclic) bond motifs is 2. The number of halogens is 4. The van der Waals surface area contributed by atoms with Gasteiger partial charge in [-0.15, -0.1) is 11.6 Å². The normalized spacial score (nSPS) is 34.6. The summed E-state index contributed by atoms with van der Waals surface area (Å²) in [7, 11) is 0. The fourth-order valence-electron chi connectivity index (χ4n) is 4.48. The Hall–Kier alpha value is -1.81. The van der Waals surface area contributed by atoms with Crippen molar-refractivity contribution in [2.45, 2.75) is 24.8 Å². The third-order valence-electron chi connectivity index (χ3n) is 6.42. The quantitative estimate of drug-likeness (QED) is 0.462. The smallest absolute Gasteiger partial charge is 0.319 e. The van der Waals surface area contributed by atoms with E-state index < -0.39 is 35.9 Å². The van der Waals surface area contributed by atoms with Crippen molar-refractivity contribution >= 4 is 39.9 Å². The van der Waals surface area contributed by atoms with Crippen LogP contribution in [0.5, 0.6) is 6.01 Å². The minimum Gasteiger partial charge on any atom is -0.462 e. The molecule has 1 saturated carbocycles. The summed E-state index contributed by atoms with van der Waals surface area (Å²) in [4.78, 5) is 15.3. The summed E-state index contributed by atoms with van der Waals surface area (Å²) < 4.78 is 81.1. The number of alkyl halides is 1. The lowest BCUT2D eigenvalue weighted by Crippen LogP contribution is -2.44. The molecule has 1 aliphatic carbocycles. The standard InChI is InChI=1S/C22H25Cl2F2N5O2/c1-22(10-30(2)4-3-12(22)7-25)11-33-21-28-17-13(8-27-19(24)16(17)26)20(29-21)31-5-6-32-9-14-15(23)18(14)31/h7-8,14-15,18H,3-6,9-11H2,1-2H3/b12-7+/t14-,15-,18-,22-/m0/s1/i2D3,11D2. The average molecular weight is 505 g/mol. The van der Waals surface area contributed by atoms with Gasteiger partial charge in [-0.3, -0.25) is 0 Å². The van der Waals surface area contributed by atoms with Crippen molar-refractivity contribution in [2.24, 2.45) is 11.3 Å². The van der Waals surface area contributed by atoms with Crippen LogP contribution in [-0.2, 0) is 4.74 Å². The Kier molecular flexibility index (Phi) is 4.67.